The number of hydrogen-bond donors (Lipinski definition) is 0. The van der Waals surface area contributed by atoms with Crippen LogP contribution in [0.25, 0.3) is 0 Å². The molecule has 1 aromatic heterocycles. The fraction of sp³-hybridized carbons (Fsp3) is 0.556. The smallest absolute Gasteiger partial charge is 0.276 e. The highest BCUT2D eigenvalue weighted by atomic mass is 32.2. The molecular weight excluding hydrogens is 308 g/mol. The van der Waals surface area contributed by atoms with Gasteiger partial charge in [-0.25, -0.2) is 0 Å². The Morgan fingerprint density at radius 3 is 2.61 bits per heavy atom. The van der Waals surface area contributed by atoms with Crippen molar-refractivity contribution in [2.45, 2.75) is 50.2 Å². The average Bonchev–Trinajstić information content (AvgIpc) is 3.07. The minimum Gasteiger partial charge on any atom is -0.497 e. The Labute approximate surface area is 142 Å². The van der Waals surface area contributed by atoms with Crippen LogP contribution in [0.2, 0.25) is 0 Å². The van der Waals surface area contributed by atoms with Crippen LogP contribution < -0.4 is 4.74 Å². The van der Waals surface area contributed by atoms with E-state index in [0.29, 0.717) is 0 Å². The van der Waals surface area contributed by atoms with E-state index in [1.807, 2.05) is 12.1 Å². The van der Waals surface area contributed by atoms with Gasteiger partial charge in [-0.1, -0.05) is 43.2 Å². The van der Waals surface area contributed by atoms with Crippen LogP contribution in [0.15, 0.2) is 33.9 Å². The van der Waals surface area contributed by atoms with Crippen LogP contribution in [-0.2, 0) is 12.8 Å². The lowest BCUT2D eigenvalue weighted by Gasteiger charge is -2.19. The zero-order valence-corrected chi connectivity index (χ0v) is 14.5. The first-order valence-electron chi connectivity index (χ1n) is 8.41. The molecule has 0 aliphatic heterocycles. The Kier molecular flexibility index (Phi) is 5.97. The van der Waals surface area contributed by atoms with Crippen molar-refractivity contribution < 1.29 is 9.15 Å². The maximum absolute atomic E-state index is 5.76. The van der Waals surface area contributed by atoms with Gasteiger partial charge in [0.25, 0.3) is 5.22 Å². The molecule has 23 heavy (non-hydrogen) atoms. The van der Waals surface area contributed by atoms with Gasteiger partial charge in [-0.05, 0) is 42.9 Å². The predicted octanol–water partition coefficient (Wildman–Crippen LogP) is 4.54. The summed E-state index contributed by atoms with van der Waals surface area (Å²) < 4.78 is 10.9. The topological polar surface area (TPSA) is 48.2 Å². The van der Waals surface area contributed by atoms with Crippen molar-refractivity contribution in [2.75, 3.05) is 12.9 Å². The number of aryl methyl sites for hydroxylation is 2. The first kappa shape index (κ1) is 16.4. The largest absolute Gasteiger partial charge is 0.497 e. The van der Waals surface area contributed by atoms with Gasteiger partial charge in [0.15, 0.2) is 0 Å². The number of rotatable bonds is 7. The number of aromatic nitrogens is 2. The van der Waals surface area contributed by atoms with E-state index in [0.717, 1.165) is 41.4 Å². The molecule has 0 unspecified atom stereocenters. The summed E-state index contributed by atoms with van der Waals surface area (Å²) in [6, 6.07) is 8.12. The van der Waals surface area contributed by atoms with Gasteiger partial charge < -0.3 is 9.15 Å². The molecule has 4 nitrogen and oxygen atoms in total. The summed E-state index contributed by atoms with van der Waals surface area (Å²) >= 11 is 1.72. The zero-order chi connectivity index (χ0) is 15.9. The predicted molar refractivity (Wildman–Crippen MR) is 92.0 cm³/mol. The molecule has 2 aromatic rings. The number of ether oxygens (including phenoxy) is 1. The molecule has 3 rings (SSSR count). The Morgan fingerprint density at radius 2 is 1.87 bits per heavy atom. The number of methoxy groups -OCH3 is 1. The molecule has 1 aliphatic rings. The highest BCUT2D eigenvalue weighted by Gasteiger charge is 2.15. The molecule has 0 atom stereocenters. The number of nitrogens with zero attached hydrogens (tertiary/aromatic N) is 2. The second-order valence-corrected chi connectivity index (χ2v) is 7.10. The van der Waals surface area contributed by atoms with Crippen molar-refractivity contribution in [3.8, 4) is 5.75 Å². The molecule has 1 aromatic carbocycles. The molecule has 1 heterocycles. The fourth-order valence-electron chi connectivity index (χ4n) is 2.98. The highest BCUT2D eigenvalue weighted by molar-refractivity contribution is 7.99. The van der Waals surface area contributed by atoms with Crippen molar-refractivity contribution >= 4 is 11.8 Å². The SMILES string of the molecule is COc1ccc(CCc2nnc(SCC3CCCCC3)o2)cc1. The molecule has 0 saturated heterocycles. The normalized spacial score (nSPS) is 15.7. The minimum absolute atomic E-state index is 0.723. The van der Waals surface area contributed by atoms with E-state index in [1.165, 1.54) is 37.7 Å². The van der Waals surface area contributed by atoms with E-state index < -0.39 is 0 Å². The maximum Gasteiger partial charge on any atom is 0.276 e. The molecule has 5 heteroatoms. The molecular formula is C18H24N2O2S. The number of benzene rings is 1. The molecule has 1 fully saturated rings. The van der Waals surface area contributed by atoms with Gasteiger partial charge in [0, 0.05) is 12.2 Å². The Bertz CT molecular complexity index is 591. The molecule has 0 spiro atoms. The van der Waals surface area contributed by atoms with Gasteiger partial charge in [0.1, 0.15) is 5.75 Å². The summed E-state index contributed by atoms with van der Waals surface area (Å²) in [5.41, 5.74) is 1.25. The first-order valence-corrected chi connectivity index (χ1v) is 9.40. The van der Waals surface area contributed by atoms with Crippen LogP contribution in [0.1, 0.15) is 43.6 Å². The minimum atomic E-state index is 0.723. The second kappa shape index (κ2) is 8.39. The lowest BCUT2D eigenvalue weighted by molar-refractivity contribution is 0.386. The Balaban J connectivity index is 1.44. The Morgan fingerprint density at radius 1 is 1.09 bits per heavy atom. The van der Waals surface area contributed by atoms with E-state index in [2.05, 4.69) is 22.3 Å². The third kappa shape index (κ3) is 4.99. The van der Waals surface area contributed by atoms with Crippen molar-refractivity contribution in [3.05, 3.63) is 35.7 Å². The average molecular weight is 332 g/mol. The summed E-state index contributed by atoms with van der Waals surface area (Å²) in [6.45, 7) is 0. The van der Waals surface area contributed by atoms with Crippen LogP contribution in [0.4, 0.5) is 0 Å². The molecule has 0 N–H and O–H groups in total. The summed E-state index contributed by atoms with van der Waals surface area (Å²) in [7, 11) is 1.68. The number of hydrogen-bond acceptors (Lipinski definition) is 5. The summed E-state index contributed by atoms with van der Waals surface area (Å²) in [5, 5.41) is 9.06. The van der Waals surface area contributed by atoms with Gasteiger partial charge in [-0.15, -0.1) is 10.2 Å². The van der Waals surface area contributed by atoms with E-state index in [-0.39, 0.29) is 0 Å². The standard InChI is InChI=1S/C18H24N2O2S/c1-21-16-10-7-14(8-11-16)9-12-17-19-20-18(22-17)23-13-15-5-3-2-4-6-15/h7-8,10-11,15H,2-6,9,12-13H2,1H3. The number of thioether (sulfide) groups is 1. The van der Waals surface area contributed by atoms with Crippen LogP contribution in [0.3, 0.4) is 0 Å². The van der Waals surface area contributed by atoms with Crippen molar-refractivity contribution in [1.29, 1.82) is 0 Å². The summed E-state index contributed by atoms with van der Waals surface area (Å²) in [6.07, 6.45) is 8.54. The van der Waals surface area contributed by atoms with E-state index >= 15 is 0 Å². The monoisotopic (exact) mass is 332 g/mol. The van der Waals surface area contributed by atoms with Crippen molar-refractivity contribution in [2.24, 2.45) is 5.92 Å². The Hall–Kier alpha value is -1.49. The maximum atomic E-state index is 5.76. The molecule has 1 saturated carbocycles. The third-order valence-electron chi connectivity index (χ3n) is 4.40. The first-order chi connectivity index (χ1) is 11.3. The molecule has 0 amide bonds. The van der Waals surface area contributed by atoms with E-state index in [4.69, 9.17) is 9.15 Å². The molecule has 0 radical (unpaired) electrons. The second-order valence-electron chi connectivity index (χ2n) is 6.12. The molecule has 1 aliphatic carbocycles. The van der Waals surface area contributed by atoms with E-state index in [1.54, 1.807) is 18.9 Å². The van der Waals surface area contributed by atoms with Crippen LogP contribution in [-0.4, -0.2) is 23.1 Å². The van der Waals surface area contributed by atoms with Crippen LogP contribution >= 0.6 is 11.8 Å². The van der Waals surface area contributed by atoms with Gasteiger partial charge in [-0.3, -0.25) is 0 Å². The van der Waals surface area contributed by atoms with Gasteiger partial charge >= 0.3 is 0 Å². The third-order valence-corrected chi connectivity index (χ3v) is 5.45. The molecule has 124 valence electrons. The molecule has 0 bridgehead atoms. The summed E-state index contributed by atoms with van der Waals surface area (Å²) in [4.78, 5) is 0. The van der Waals surface area contributed by atoms with Crippen LogP contribution in [0, 0.1) is 5.92 Å². The van der Waals surface area contributed by atoms with Gasteiger partial charge in [0.05, 0.1) is 7.11 Å². The quantitative estimate of drug-likeness (QED) is 0.697. The van der Waals surface area contributed by atoms with E-state index in [9.17, 15) is 0 Å². The van der Waals surface area contributed by atoms with Gasteiger partial charge in [-0.2, -0.15) is 0 Å². The zero-order valence-electron chi connectivity index (χ0n) is 13.7. The lowest BCUT2D eigenvalue weighted by Crippen LogP contribution is -2.08. The van der Waals surface area contributed by atoms with Crippen LogP contribution in [0.5, 0.6) is 5.75 Å². The van der Waals surface area contributed by atoms with Gasteiger partial charge in [0.2, 0.25) is 5.89 Å². The fourth-order valence-corrected chi connectivity index (χ4v) is 3.95. The lowest BCUT2D eigenvalue weighted by atomic mass is 9.91. The van der Waals surface area contributed by atoms with Crippen molar-refractivity contribution in [1.82, 2.24) is 10.2 Å². The van der Waals surface area contributed by atoms with Crippen molar-refractivity contribution in [3.63, 3.8) is 0 Å². The summed E-state index contributed by atoms with van der Waals surface area (Å²) in [5.74, 6) is 3.54. The highest BCUT2D eigenvalue weighted by Crippen LogP contribution is 2.29.